The Morgan fingerprint density at radius 3 is 2.96 bits per heavy atom. The van der Waals surface area contributed by atoms with Crippen molar-refractivity contribution in [3.63, 3.8) is 0 Å². The van der Waals surface area contributed by atoms with Crippen LogP contribution in [0.3, 0.4) is 0 Å². The van der Waals surface area contributed by atoms with Crippen molar-refractivity contribution < 1.29 is 9.59 Å². The number of likely N-dealkylation sites (N-methyl/N-ethyl adjacent to an activating group) is 1. The molecule has 1 aliphatic rings. The molecular weight excluding hydrogens is 334 g/mol. The predicted octanol–water partition coefficient (Wildman–Crippen LogP) is 0.644. The minimum atomic E-state index is -0.650. The molecule has 0 spiro atoms. The molecule has 9 nitrogen and oxygen atoms in total. The monoisotopic (exact) mass is 355 g/mol. The molecule has 0 radical (unpaired) electrons. The maximum atomic E-state index is 12.1. The molecule has 0 saturated carbocycles. The average Bonchev–Trinajstić information content (AvgIpc) is 3.09. The van der Waals surface area contributed by atoms with Crippen LogP contribution in [0.25, 0.3) is 11.0 Å². The van der Waals surface area contributed by atoms with E-state index in [0.29, 0.717) is 24.4 Å². The van der Waals surface area contributed by atoms with E-state index >= 15 is 0 Å². The fraction of sp³-hybridized carbons (Fsp3) is 0.471. The van der Waals surface area contributed by atoms with Crippen molar-refractivity contribution in [3.8, 4) is 6.07 Å². The standard InChI is InChI=1S/C17H21N7O2/c1-10-5-8-24(13(25)3-6-18)9-12(10)23(2)15-11-4-7-20-17(11)22-21-14(15)16(19)26/h4,7,10,12H,3,5,8-9H2,1-2H3,(H2,19,26)(H,20,22). The van der Waals surface area contributed by atoms with E-state index in [4.69, 9.17) is 11.0 Å². The third kappa shape index (κ3) is 3.06. The van der Waals surface area contributed by atoms with Crippen molar-refractivity contribution >= 4 is 28.5 Å². The van der Waals surface area contributed by atoms with Gasteiger partial charge in [-0.25, -0.2) is 0 Å². The zero-order valence-corrected chi connectivity index (χ0v) is 14.8. The molecule has 2 aromatic heterocycles. The van der Waals surface area contributed by atoms with E-state index < -0.39 is 5.91 Å². The number of likely N-dealkylation sites (tertiary alicyclic amines) is 1. The Kier molecular flexibility index (Phi) is 4.75. The number of amides is 2. The van der Waals surface area contributed by atoms with Crippen LogP contribution in [0.2, 0.25) is 0 Å². The van der Waals surface area contributed by atoms with E-state index in [0.717, 1.165) is 11.8 Å². The van der Waals surface area contributed by atoms with E-state index in [2.05, 4.69) is 22.1 Å². The number of fused-ring (bicyclic) bond motifs is 1. The maximum Gasteiger partial charge on any atom is 0.271 e. The summed E-state index contributed by atoms with van der Waals surface area (Å²) in [5.74, 6) is -0.537. The number of primary amides is 1. The quantitative estimate of drug-likeness (QED) is 0.827. The number of hydrogen-bond donors (Lipinski definition) is 2. The van der Waals surface area contributed by atoms with E-state index in [1.807, 2.05) is 24.1 Å². The number of nitrogens with zero attached hydrogens (tertiary/aromatic N) is 5. The van der Waals surface area contributed by atoms with E-state index in [9.17, 15) is 9.59 Å². The van der Waals surface area contributed by atoms with Gasteiger partial charge in [0.1, 0.15) is 6.42 Å². The molecule has 0 aliphatic carbocycles. The Morgan fingerprint density at radius 2 is 2.27 bits per heavy atom. The Hall–Kier alpha value is -3.15. The highest BCUT2D eigenvalue weighted by Gasteiger charge is 2.33. The Bertz CT molecular complexity index is 885. The van der Waals surface area contributed by atoms with Gasteiger partial charge >= 0.3 is 0 Å². The Balaban J connectivity index is 1.98. The number of hydrogen-bond acceptors (Lipinski definition) is 6. The molecule has 2 atom stereocenters. The molecule has 3 N–H and O–H groups in total. The van der Waals surface area contributed by atoms with Crippen LogP contribution in [-0.2, 0) is 4.79 Å². The number of nitrogens with two attached hydrogens (primary N) is 1. The molecule has 0 aromatic carbocycles. The Morgan fingerprint density at radius 1 is 1.50 bits per heavy atom. The Labute approximate surface area is 150 Å². The zero-order valence-electron chi connectivity index (χ0n) is 14.8. The molecule has 26 heavy (non-hydrogen) atoms. The summed E-state index contributed by atoms with van der Waals surface area (Å²) < 4.78 is 0. The lowest BCUT2D eigenvalue weighted by atomic mass is 9.91. The molecule has 1 saturated heterocycles. The second kappa shape index (κ2) is 7.00. The summed E-state index contributed by atoms with van der Waals surface area (Å²) >= 11 is 0. The molecule has 0 bridgehead atoms. The van der Waals surface area contributed by atoms with Crippen LogP contribution in [0, 0.1) is 17.2 Å². The maximum absolute atomic E-state index is 12.1. The number of carbonyl (C=O) groups is 2. The van der Waals surface area contributed by atoms with E-state index in [1.165, 1.54) is 0 Å². The number of anilines is 1. The van der Waals surface area contributed by atoms with Crippen molar-refractivity contribution in [2.45, 2.75) is 25.8 Å². The largest absolute Gasteiger partial charge is 0.367 e. The number of rotatable bonds is 4. The van der Waals surface area contributed by atoms with Crippen molar-refractivity contribution in [1.29, 1.82) is 5.26 Å². The number of piperidine rings is 1. The van der Waals surface area contributed by atoms with Gasteiger partial charge in [0.05, 0.1) is 11.8 Å². The molecule has 3 rings (SSSR count). The van der Waals surface area contributed by atoms with Crippen molar-refractivity contribution in [2.24, 2.45) is 11.7 Å². The van der Waals surface area contributed by atoms with Gasteiger partial charge in [-0.05, 0) is 18.4 Å². The predicted molar refractivity (Wildman–Crippen MR) is 95.2 cm³/mol. The first-order chi connectivity index (χ1) is 12.4. The van der Waals surface area contributed by atoms with Crippen LogP contribution in [0.15, 0.2) is 12.3 Å². The summed E-state index contributed by atoms with van der Waals surface area (Å²) in [6.45, 7) is 3.22. The summed E-state index contributed by atoms with van der Waals surface area (Å²) in [6.07, 6.45) is 2.41. The van der Waals surface area contributed by atoms with Gasteiger partial charge in [0, 0.05) is 37.8 Å². The van der Waals surface area contributed by atoms with Crippen molar-refractivity contribution in [3.05, 3.63) is 18.0 Å². The molecule has 1 fully saturated rings. The van der Waals surface area contributed by atoms with Gasteiger partial charge in [0.2, 0.25) is 5.91 Å². The summed E-state index contributed by atoms with van der Waals surface area (Å²) in [4.78, 5) is 30.7. The second-order valence-corrected chi connectivity index (χ2v) is 6.62. The highest BCUT2D eigenvalue weighted by molar-refractivity contribution is 6.04. The highest BCUT2D eigenvalue weighted by Crippen LogP contribution is 2.32. The highest BCUT2D eigenvalue weighted by atomic mass is 16.2. The smallest absolute Gasteiger partial charge is 0.271 e. The molecule has 2 unspecified atom stereocenters. The molecule has 2 aromatic rings. The number of carbonyl (C=O) groups excluding carboxylic acids is 2. The van der Waals surface area contributed by atoms with Crippen LogP contribution < -0.4 is 10.6 Å². The number of aromatic amines is 1. The lowest BCUT2D eigenvalue weighted by Crippen LogP contribution is -2.53. The van der Waals surface area contributed by atoms with Crippen LogP contribution in [-0.4, -0.2) is 58.1 Å². The van der Waals surface area contributed by atoms with Gasteiger partial charge in [0.15, 0.2) is 11.3 Å². The van der Waals surface area contributed by atoms with Gasteiger partial charge in [0.25, 0.3) is 5.91 Å². The van der Waals surface area contributed by atoms with Gasteiger partial charge < -0.3 is 20.5 Å². The lowest BCUT2D eigenvalue weighted by molar-refractivity contribution is -0.131. The van der Waals surface area contributed by atoms with E-state index in [1.54, 1.807) is 11.1 Å². The van der Waals surface area contributed by atoms with Gasteiger partial charge in [-0.2, -0.15) is 5.26 Å². The molecule has 9 heteroatoms. The fourth-order valence-electron chi connectivity index (χ4n) is 3.56. The average molecular weight is 355 g/mol. The summed E-state index contributed by atoms with van der Waals surface area (Å²) in [5.41, 5.74) is 6.79. The minimum Gasteiger partial charge on any atom is -0.367 e. The molecule has 2 amide bonds. The summed E-state index contributed by atoms with van der Waals surface area (Å²) in [7, 11) is 1.87. The summed E-state index contributed by atoms with van der Waals surface area (Å²) in [6, 6.07) is 3.70. The first-order valence-corrected chi connectivity index (χ1v) is 8.45. The van der Waals surface area contributed by atoms with Crippen molar-refractivity contribution in [1.82, 2.24) is 20.1 Å². The molecule has 1 aliphatic heterocycles. The van der Waals surface area contributed by atoms with Crippen LogP contribution in [0.4, 0.5) is 5.69 Å². The SMILES string of the molecule is CC1CCN(C(=O)CC#N)CC1N(C)c1c(C(N)=O)nnc2[nH]ccc12. The number of nitrogens with one attached hydrogen (secondary N) is 1. The minimum absolute atomic E-state index is 0.0354. The van der Waals surface area contributed by atoms with Crippen LogP contribution in [0.5, 0.6) is 0 Å². The fourth-order valence-corrected chi connectivity index (χ4v) is 3.56. The normalized spacial score (nSPS) is 20.0. The van der Waals surface area contributed by atoms with Gasteiger partial charge in [-0.1, -0.05) is 6.92 Å². The van der Waals surface area contributed by atoms with E-state index in [-0.39, 0.29) is 30.0 Å². The van der Waals surface area contributed by atoms with Crippen LogP contribution >= 0.6 is 0 Å². The molecular formula is C17H21N7O2. The van der Waals surface area contributed by atoms with Gasteiger partial charge in [-0.15, -0.1) is 10.2 Å². The second-order valence-electron chi connectivity index (χ2n) is 6.62. The lowest BCUT2D eigenvalue weighted by Gasteiger charge is -2.42. The van der Waals surface area contributed by atoms with Crippen LogP contribution in [0.1, 0.15) is 30.3 Å². The third-order valence-corrected chi connectivity index (χ3v) is 5.04. The first kappa shape index (κ1) is 17.7. The molecule has 136 valence electrons. The van der Waals surface area contributed by atoms with Crippen molar-refractivity contribution in [2.75, 3.05) is 25.0 Å². The van der Waals surface area contributed by atoms with Gasteiger partial charge in [-0.3, -0.25) is 9.59 Å². The zero-order chi connectivity index (χ0) is 18.8. The topological polar surface area (TPSA) is 132 Å². The third-order valence-electron chi connectivity index (χ3n) is 5.04. The number of aromatic nitrogens is 3. The molecule has 3 heterocycles. The number of nitriles is 1. The first-order valence-electron chi connectivity index (χ1n) is 8.45. The number of H-pyrrole nitrogens is 1. The summed E-state index contributed by atoms with van der Waals surface area (Å²) in [5, 5.41) is 17.5.